The first kappa shape index (κ1) is 10.4. The van der Waals surface area contributed by atoms with E-state index in [-0.39, 0.29) is 12.7 Å². The van der Waals surface area contributed by atoms with E-state index >= 15 is 0 Å². The molecule has 2 aromatic rings. The van der Waals surface area contributed by atoms with Gasteiger partial charge in [-0.05, 0) is 5.56 Å². The van der Waals surface area contributed by atoms with E-state index in [1.165, 1.54) is 0 Å². The van der Waals surface area contributed by atoms with Crippen LogP contribution in [-0.2, 0) is 24.5 Å². The highest BCUT2D eigenvalue weighted by Gasteiger charge is 2.24. The number of rotatable bonds is 2. The van der Waals surface area contributed by atoms with Crippen molar-refractivity contribution in [1.29, 1.82) is 0 Å². The summed E-state index contributed by atoms with van der Waals surface area (Å²) in [6.07, 6.45) is 0.0111. The highest BCUT2D eigenvalue weighted by molar-refractivity contribution is 5.19. The molecule has 0 amide bonds. The van der Waals surface area contributed by atoms with Crippen LogP contribution in [-0.4, -0.2) is 20.1 Å². The molecule has 3 rings (SSSR count). The summed E-state index contributed by atoms with van der Waals surface area (Å²) in [5.41, 5.74) is 2.62. The van der Waals surface area contributed by atoms with Crippen molar-refractivity contribution < 1.29 is 9.84 Å². The van der Waals surface area contributed by atoms with Gasteiger partial charge >= 0.3 is 0 Å². The van der Waals surface area contributed by atoms with Gasteiger partial charge in [0.05, 0.1) is 25.5 Å². The molecule has 0 spiro atoms. The minimum atomic E-state index is -0.0886. The highest BCUT2D eigenvalue weighted by atomic mass is 16.5. The maximum Gasteiger partial charge on any atom is 0.114 e. The van der Waals surface area contributed by atoms with E-state index in [0.29, 0.717) is 18.8 Å². The van der Waals surface area contributed by atoms with Gasteiger partial charge in [-0.15, -0.1) is 5.10 Å². The van der Waals surface area contributed by atoms with Crippen LogP contribution < -0.4 is 0 Å². The summed E-state index contributed by atoms with van der Waals surface area (Å²) in [6, 6.07) is 10.1. The standard InChI is InChI=1S/C12H13N3O2/c16-7-10-11-8-17-12(6-15(11)14-13-10)9-4-2-1-3-5-9/h1-5,12,16H,6-8H2/t12-/m0/s1. The summed E-state index contributed by atoms with van der Waals surface area (Å²) in [7, 11) is 0. The fraction of sp³-hybridized carbons (Fsp3) is 0.333. The predicted octanol–water partition coefficient (Wildman–Crippen LogP) is 1.04. The van der Waals surface area contributed by atoms with Gasteiger partial charge in [-0.1, -0.05) is 35.5 Å². The van der Waals surface area contributed by atoms with Gasteiger partial charge in [-0.25, -0.2) is 4.68 Å². The normalized spacial score (nSPS) is 19.0. The van der Waals surface area contributed by atoms with Crippen LogP contribution in [0.1, 0.15) is 23.1 Å². The number of aliphatic hydroxyl groups is 1. The SMILES string of the molecule is OCc1nnn2c1CO[C@H](c1ccccc1)C2. The number of aliphatic hydroxyl groups excluding tert-OH is 1. The predicted molar refractivity (Wildman–Crippen MR) is 59.9 cm³/mol. The molecule has 0 unspecified atom stereocenters. The van der Waals surface area contributed by atoms with Crippen LogP contribution in [0.2, 0.25) is 0 Å². The lowest BCUT2D eigenvalue weighted by molar-refractivity contribution is -0.00227. The Bertz CT molecular complexity index is 510. The molecular weight excluding hydrogens is 218 g/mol. The van der Waals surface area contributed by atoms with E-state index < -0.39 is 0 Å². The summed E-state index contributed by atoms with van der Waals surface area (Å²) in [4.78, 5) is 0. The Kier molecular flexibility index (Phi) is 2.62. The van der Waals surface area contributed by atoms with Crippen molar-refractivity contribution in [3.05, 3.63) is 47.3 Å². The van der Waals surface area contributed by atoms with Crippen molar-refractivity contribution >= 4 is 0 Å². The molecule has 88 valence electrons. The molecule has 1 aliphatic rings. The first-order valence-electron chi connectivity index (χ1n) is 5.57. The largest absolute Gasteiger partial charge is 0.390 e. The smallest absolute Gasteiger partial charge is 0.114 e. The van der Waals surface area contributed by atoms with Gasteiger partial charge in [-0.3, -0.25) is 0 Å². The second kappa shape index (κ2) is 4.27. The van der Waals surface area contributed by atoms with E-state index in [9.17, 15) is 0 Å². The maximum atomic E-state index is 9.09. The molecule has 0 fully saturated rings. The molecule has 1 N–H and O–H groups in total. The maximum absolute atomic E-state index is 9.09. The van der Waals surface area contributed by atoms with Crippen LogP contribution in [0, 0.1) is 0 Å². The van der Waals surface area contributed by atoms with Crippen LogP contribution in [0.25, 0.3) is 0 Å². The molecule has 5 nitrogen and oxygen atoms in total. The van der Waals surface area contributed by atoms with Gasteiger partial charge in [0.25, 0.3) is 0 Å². The number of fused-ring (bicyclic) bond motifs is 1. The number of hydrogen-bond donors (Lipinski definition) is 1. The Morgan fingerprint density at radius 2 is 2.18 bits per heavy atom. The fourth-order valence-electron chi connectivity index (χ4n) is 2.05. The summed E-state index contributed by atoms with van der Waals surface area (Å²) in [5, 5.41) is 17.1. The lowest BCUT2D eigenvalue weighted by Gasteiger charge is -2.24. The lowest BCUT2D eigenvalue weighted by atomic mass is 10.1. The first-order chi connectivity index (χ1) is 8.38. The van der Waals surface area contributed by atoms with E-state index in [2.05, 4.69) is 10.3 Å². The molecule has 1 atom stereocenters. The summed E-state index contributed by atoms with van der Waals surface area (Å²) >= 11 is 0. The Labute approximate surface area is 98.6 Å². The summed E-state index contributed by atoms with van der Waals surface area (Å²) in [5.74, 6) is 0. The third-order valence-corrected chi connectivity index (χ3v) is 3.00. The molecule has 1 aromatic heterocycles. The number of hydrogen-bond acceptors (Lipinski definition) is 4. The molecule has 0 saturated heterocycles. The molecular formula is C12H13N3O2. The molecule has 1 aliphatic heterocycles. The number of ether oxygens (including phenoxy) is 1. The van der Waals surface area contributed by atoms with Gasteiger partial charge < -0.3 is 9.84 Å². The Morgan fingerprint density at radius 1 is 1.35 bits per heavy atom. The summed E-state index contributed by atoms with van der Waals surface area (Å²) < 4.78 is 7.59. The number of aromatic nitrogens is 3. The fourth-order valence-corrected chi connectivity index (χ4v) is 2.05. The van der Waals surface area contributed by atoms with Crippen LogP contribution in [0.5, 0.6) is 0 Å². The Hall–Kier alpha value is -1.72. The average molecular weight is 231 g/mol. The van der Waals surface area contributed by atoms with Gasteiger partial charge in [0.15, 0.2) is 0 Å². The number of benzene rings is 1. The van der Waals surface area contributed by atoms with E-state index in [0.717, 1.165) is 11.3 Å². The molecule has 2 heterocycles. The second-order valence-corrected chi connectivity index (χ2v) is 4.03. The second-order valence-electron chi connectivity index (χ2n) is 4.03. The molecule has 0 bridgehead atoms. The van der Waals surface area contributed by atoms with E-state index in [1.54, 1.807) is 0 Å². The van der Waals surface area contributed by atoms with Crippen molar-refractivity contribution in [3.63, 3.8) is 0 Å². The monoisotopic (exact) mass is 231 g/mol. The van der Waals surface area contributed by atoms with Crippen molar-refractivity contribution in [2.45, 2.75) is 25.9 Å². The van der Waals surface area contributed by atoms with Gasteiger partial charge in [-0.2, -0.15) is 0 Å². The van der Waals surface area contributed by atoms with Crippen molar-refractivity contribution in [2.75, 3.05) is 0 Å². The minimum Gasteiger partial charge on any atom is -0.390 e. The Balaban J connectivity index is 1.86. The first-order valence-corrected chi connectivity index (χ1v) is 5.57. The average Bonchev–Trinajstić information content (AvgIpc) is 2.81. The van der Waals surface area contributed by atoms with Crippen molar-refractivity contribution in [1.82, 2.24) is 15.0 Å². The highest BCUT2D eigenvalue weighted by Crippen LogP contribution is 2.26. The zero-order valence-electron chi connectivity index (χ0n) is 9.28. The summed E-state index contributed by atoms with van der Waals surface area (Å²) in [6.45, 7) is 1.00. The molecule has 5 heteroatoms. The van der Waals surface area contributed by atoms with Crippen LogP contribution >= 0.6 is 0 Å². The molecule has 0 radical (unpaired) electrons. The third kappa shape index (κ3) is 1.83. The van der Waals surface area contributed by atoms with Gasteiger partial charge in [0.2, 0.25) is 0 Å². The molecule has 0 saturated carbocycles. The third-order valence-electron chi connectivity index (χ3n) is 3.00. The van der Waals surface area contributed by atoms with Crippen LogP contribution in [0.4, 0.5) is 0 Å². The van der Waals surface area contributed by atoms with E-state index in [1.807, 2.05) is 35.0 Å². The molecule has 17 heavy (non-hydrogen) atoms. The van der Waals surface area contributed by atoms with Crippen molar-refractivity contribution in [3.8, 4) is 0 Å². The van der Waals surface area contributed by atoms with Crippen LogP contribution in [0.3, 0.4) is 0 Å². The zero-order valence-corrected chi connectivity index (χ0v) is 9.28. The number of nitrogens with zero attached hydrogens (tertiary/aromatic N) is 3. The lowest BCUT2D eigenvalue weighted by Crippen LogP contribution is -2.22. The quantitative estimate of drug-likeness (QED) is 0.839. The molecule has 0 aliphatic carbocycles. The molecule has 1 aromatic carbocycles. The van der Waals surface area contributed by atoms with Gasteiger partial charge in [0.1, 0.15) is 11.8 Å². The van der Waals surface area contributed by atoms with Gasteiger partial charge in [0, 0.05) is 0 Å². The minimum absolute atomic E-state index is 0.0111. The topological polar surface area (TPSA) is 60.2 Å². The van der Waals surface area contributed by atoms with Crippen LogP contribution in [0.15, 0.2) is 30.3 Å². The Morgan fingerprint density at radius 3 is 2.94 bits per heavy atom. The zero-order chi connectivity index (χ0) is 11.7. The van der Waals surface area contributed by atoms with E-state index in [4.69, 9.17) is 9.84 Å². The van der Waals surface area contributed by atoms with Crippen molar-refractivity contribution in [2.24, 2.45) is 0 Å².